The Kier molecular flexibility index (Phi) is 4.36. The highest BCUT2D eigenvalue weighted by Gasteiger charge is 2.17. The molecule has 0 heterocycles. The highest BCUT2D eigenvalue weighted by Crippen LogP contribution is 2.35. The second kappa shape index (κ2) is 6.70. The van der Waals surface area contributed by atoms with Crippen LogP contribution in [0.2, 0.25) is 0 Å². The molecule has 0 saturated heterocycles. The van der Waals surface area contributed by atoms with Gasteiger partial charge in [-0.05, 0) is 66.6 Å². The number of hydrogen-bond donors (Lipinski definition) is 2. The zero-order chi connectivity index (χ0) is 19.0. The van der Waals surface area contributed by atoms with Gasteiger partial charge in [0.1, 0.15) is 0 Å². The van der Waals surface area contributed by atoms with Gasteiger partial charge in [-0.1, -0.05) is 24.3 Å². The largest absolute Gasteiger partial charge is 0.321 e. The highest BCUT2D eigenvalue weighted by atomic mass is 32.2. The van der Waals surface area contributed by atoms with E-state index in [1.54, 1.807) is 31.2 Å². The third-order valence-corrected chi connectivity index (χ3v) is 6.23. The average molecular weight is 380 g/mol. The first-order chi connectivity index (χ1) is 13.0. The van der Waals surface area contributed by atoms with Crippen molar-refractivity contribution in [3.63, 3.8) is 0 Å². The summed E-state index contributed by atoms with van der Waals surface area (Å²) >= 11 is 0. The minimum absolute atomic E-state index is 0.000293. The van der Waals surface area contributed by atoms with Gasteiger partial charge in [0.2, 0.25) is 10.0 Å². The summed E-state index contributed by atoms with van der Waals surface area (Å²) in [7, 11) is -3.33. The van der Waals surface area contributed by atoms with Crippen molar-refractivity contribution in [1.29, 1.82) is 0 Å². The Morgan fingerprint density at radius 3 is 2.37 bits per heavy atom. The molecule has 0 fully saturated rings. The molecule has 1 aliphatic rings. The molecule has 4 rings (SSSR count). The minimum atomic E-state index is -3.33. The fourth-order valence-corrected chi connectivity index (χ4v) is 4.13. The number of nitrogens with one attached hydrogen (secondary N) is 2. The number of carbonyl (C=O) groups is 1. The fraction of sp³-hybridized carbons (Fsp3) is 0.190. The molecule has 3 aromatic rings. The Morgan fingerprint density at radius 2 is 1.67 bits per heavy atom. The van der Waals surface area contributed by atoms with E-state index in [-0.39, 0.29) is 11.7 Å². The van der Waals surface area contributed by atoms with E-state index >= 15 is 0 Å². The molecule has 5 nitrogen and oxygen atoms in total. The van der Waals surface area contributed by atoms with Gasteiger partial charge < -0.3 is 5.32 Å². The normalized spacial score (nSPS) is 12.9. The van der Waals surface area contributed by atoms with Crippen molar-refractivity contribution in [1.82, 2.24) is 0 Å². The number of anilines is 2. The summed E-state index contributed by atoms with van der Waals surface area (Å²) in [4.78, 5) is 12.6. The third-order valence-electron chi connectivity index (χ3n) is 4.93. The molecule has 0 spiro atoms. The summed E-state index contributed by atoms with van der Waals surface area (Å²) in [5, 5.41) is 5.29. The SMILES string of the molecule is CCS(=O)(=O)Nc1ccc(C(=O)Nc2ccc3c4c(cccc24)CC3)cc1. The maximum atomic E-state index is 12.6. The molecule has 6 heteroatoms. The molecule has 138 valence electrons. The van der Waals surface area contributed by atoms with Crippen LogP contribution in [0.3, 0.4) is 0 Å². The topological polar surface area (TPSA) is 75.3 Å². The monoisotopic (exact) mass is 380 g/mol. The average Bonchev–Trinajstić information content (AvgIpc) is 3.09. The van der Waals surface area contributed by atoms with Crippen molar-refractivity contribution < 1.29 is 13.2 Å². The highest BCUT2D eigenvalue weighted by molar-refractivity contribution is 7.92. The summed E-state index contributed by atoms with van der Waals surface area (Å²) in [6.07, 6.45) is 2.08. The lowest BCUT2D eigenvalue weighted by Crippen LogP contribution is -2.15. The Hall–Kier alpha value is -2.86. The first kappa shape index (κ1) is 17.5. The van der Waals surface area contributed by atoms with Crippen molar-refractivity contribution >= 4 is 38.1 Å². The molecule has 1 aliphatic carbocycles. The second-order valence-electron chi connectivity index (χ2n) is 6.65. The lowest BCUT2D eigenvalue weighted by atomic mass is 10.0. The van der Waals surface area contributed by atoms with Gasteiger partial charge in [-0.15, -0.1) is 0 Å². The second-order valence-corrected chi connectivity index (χ2v) is 8.66. The number of amides is 1. The lowest BCUT2D eigenvalue weighted by molar-refractivity contribution is 0.102. The van der Waals surface area contributed by atoms with E-state index in [2.05, 4.69) is 22.2 Å². The van der Waals surface area contributed by atoms with Crippen molar-refractivity contribution in [3.8, 4) is 0 Å². The Morgan fingerprint density at radius 1 is 0.963 bits per heavy atom. The molecule has 3 aromatic carbocycles. The number of rotatable bonds is 5. The lowest BCUT2D eigenvalue weighted by Gasteiger charge is -2.11. The zero-order valence-electron chi connectivity index (χ0n) is 15.0. The fourth-order valence-electron chi connectivity index (χ4n) is 3.49. The number of aryl methyl sites for hydroxylation is 2. The van der Waals surface area contributed by atoms with Crippen LogP contribution in [-0.4, -0.2) is 20.1 Å². The van der Waals surface area contributed by atoms with Crippen LogP contribution in [0.4, 0.5) is 11.4 Å². The predicted molar refractivity (Wildman–Crippen MR) is 109 cm³/mol. The minimum Gasteiger partial charge on any atom is -0.321 e. The van der Waals surface area contributed by atoms with Crippen LogP contribution in [0.1, 0.15) is 28.4 Å². The van der Waals surface area contributed by atoms with E-state index in [0.717, 1.165) is 23.9 Å². The van der Waals surface area contributed by atoms with Gasteiger partial charge in [0.05, 0.1) is 5.75 Å². The molecule has 0 radical (unpaired) electrons. The van der Waals surface area contributed by atoms with Crippen molar-refractivity contribution in [2.45, 2.75) is 19.8 Å². The van der Waals surface area contributed by atoms with Gasteiger partial charge in [0.25, 0.3) is 5.91 Å². The Balaban J connectivity index is 1.58. The van der Waals surface area contributed by atoms with E-state index in [0.29, 0.717) is 11.3 Å². The molecule has 1 amide bonds. The molecule has 0 aromatic heterocycles. The molecule has 27 heavy (non-hydrogen) atoms. The summed E-state index contributed by atoms with van der Waals surface area (Å²) in [5.41, 5.74) is 4.35. The van der Waals surface area contributed by atoms with Crippen LogP contribution in [0.5, 0.6) is 0 Å². The van der Waals surface area contributed by atoms with Crippen LogP contribution in [-0.2, 0) is 22.9 Å². The standard InChI is InChI=1S/C21H20N2O3S/c1-2-27(25,26)23-17-11-8-16(9-12-17)21(24)22-19-13-10-15-7-6-14-4-3-5-18(19)20(14)15/h3-5,8-13,23H,2,6-7H2,1H3,(H,22,24). The quantitative estimate of drug-likeness (QED) is 0.704. The maximum absolute atomic E-state index is 12.6. The molecular formula is C21H20N2O3S. The van der Waals surface area contributed by atoms with E-state index in [9.17, 15) is 13.2 Å². The maximum Gasteiger partial charge on any atom is 0.255 e. The van der Waals surface area contributed by atoms with E-state index in [1.165, 1.54) is 16.5 Å². The number of benzene rings is 3. The molecule has 0 unspecified atom stereocenters. The summed E-state index contributed by atoms with van der Waals surface area (Å²) in [6.45, 7) is 1.57. The zero-order valence-corrected chi connectivity index (χ0v) is 15.8. The number of sulfonamides is 1. The summed E-state index contributed by atoms with van der Waals surface area (Å²) in [6, 6.07) is 16.6. The first-order valence-electron chi connectivity index (χ1n) is 8.92. The van der Waals surface area contributed by atoms with E-state index < -0.39 is 10.0 Å². The van der Waals surface area contributed by atoms with Crippen molar-refractivity contribution in [2.75, 3.05) is 15.8 Å². The van der Waals surface area contributed by atoms with Gasteiger partial charge in [0.15, 0.2) is 0 Å². The van der Waals surface area contributed by atoms with Gasteiger partial charge >= 0.3 is 0 Å². The Labute approximate surface area is 158 Å². The molecule has 0 bridgehead atoms. The molecule has 0 saturated carbocycles. The van der Waals surface area contributed by atoms with E-state index in [4.69, 9.17) is 0 Å². The van der Waals surface area contributed by atoms with Crippen LogP contribution < -0.4 is 10.0 Å². The molecule has 2 N–H and O–H groups in total. The molecule has 0 aliphatic heterocycles. The van der Waals surface area contributed by atoms with E-state index in [1.807, 2.05) is 18.2 Å². The van der Waals surface area contributed by atoms with Crippen LogP contribution >= 0.6 is 0 Å². The smallest absolute Gasteiger partial charge is 0.255 e. The summed E-state index contributed by atoms with van der Waals surface area (Å²) in [5.74, 6) is -0.223. The number of carbonyl (C=O) groups excluding carboxylic acids is 1. The first-order valence-corrected chi connectivity index (χ1v) is 10.6. The van der Waals surface area contributed by atoms with Gasteiger partial charge in [0, 0.05) is 22.3 Å². The van der Waals surface area contributed by atoms with Gasteiger partial charge in [-0.3, -0.25) is 9.52 Å². The van der Waals surface area contributed by atoms with Gasteiger partial charge in [-0.25, -0.2) is 8.42 Å². The molecule has 0 atom stereocenters. The van der Waals surface area contributed by atoms with Crippen LogP contribution in [0.15, 0.2) is 54.6 Å². The Bertz CT molecular complexity index is 1130. The summed E-state index contributed by atoms with van der Waals surface area (Å²) < 4.78 is 25.7. The van der Waals surface area contributed by atoms with Crippen LogP contribution in [0.25, 0.3) is 10.8 Å². The van der Waals surface area contributed by atoms with Gasteiger partial charge in [-0.2, -0.15) is 0 Å². The predicted octanol–water partition coefficient (Wildman–Crippen LogP) is 3.95. The third kappa shape index (κ3) is 3.40. The van der Waals surface area contributed by atoms with Crippen molar-refractivity contribution in [3.05, 3.63) is 71.3 Å². The van der Waals surface area contributed by atoms with Crippen molar-refractivity contribution in [2.24, 2.45) is 0 Å². The number of hydrogen-bond acceptors (Lipinski definition) is 3. The van der Waals surface area contributed by atoms with Crippen LogP contribution in [0, 0.1) is 0 Å². The molecular weight excluding hydrogens is 360 g/mol.